The molecule has 0 bridgehead atoms. The number of nitrogens with zero attached hydrogens (tertiary/aromatic N) is 3. The highest BCUT2D eigenvalue weighted by molar-refractivity contribution is 4.57. The van der Waals surface area contributed by atoms with Gasteiger partial charge in [0.05, 0.1) is 55.4 Å². The van der Waals surface area contributed by atoms with E-state index in [1.54, 1.807) is 0 Å². The predicted molar refractivity (Wildman–Crippen MR) is 81.8 cm³/mol. The molecule has 110 valence electrons. The van der Waals surface area contributed by atoms with Crippen molar-refractivity contribution in [3.05, 3.63) is 0 Å². The number of quaternary nitrogens is 2. The molecule has 0 N–H and O–H groups in total. The van der Waals surface area contributed by atoms with E-state index < -0.39 is 0 Å². The maximum absolute atomic E-state index is 2.64. The summed E-state index contributed by atoms with van der Waals surface area (Å²) in [6.07, 6.45) is 3.90. The van der Waals surface area contributed by atoms with E-state index in [2.05, 4.69) is 54.1 Å². The van der Waals surface area contributed by atoms with Crippen molar-refractivity contribution < 1.29 is 8.97 Å². The highest BCUT2D eigenvalue weighted by atomic mass is 15.3. The van der Waals surface area contributed by atoms with E-state index in [9.17, 15) is 0 Å². The van der Waals surface area contributed by atoms with Gasteiger partial charge in [0.15, 0.2) is 0 Å². The van der Waals surface area contributed by atoms with Gasteiger partial charge in [-0.25, -0.2) is 0 Å². The normalized spacial score (nSPS) is 13.3. The standard InChI is InChI=1S/C15H37N3/c1-8-11-16(12-9-14-17(2,3)4)13-10-15-18(5,6)7/h8-15H2,1-7H3/q+2. The Morgan fingerprint density at radius 1 is 0.667 bits per heavy atom. The predicted octanol–water partition coefficient (Wildman–Crippen LogP) is 1.89. The van der Waals surface area contributed by atoms with Gasteiger partial charge in [-0.15, -0.1) is 0 Å². The topological polar surface area (TPSA) is 3.24 Å². The van der Waals surface area contributed by atoms with Crippen LogP contribution in [0.1, 0.15) is 26.2 Å². The minimum atomic E-state index is 1.08. The minimum Gasteiger partial charge on any atom is -0.331 e. The lowest BCUT2D eigenvalue weighted by atomic mass is 10.2. The van der Waals surface area contributed by atoms with Crippen LogP contribution in [0.2, 0.25) is 0 Å². The van der Waals surface area contributed by atoms with Crippen molar-refractivity contribution >= 4 is 0 Å². The largest absolute Gasteiger partial charge is 0.331 e. The number of hydrogen-bond acceptors (Lipinski definition) is 1. The molecule has 0 atom stereocenters. The zero-order valence-corrected chi connectivity index (χ0v) is 14.0. The van der Waals surface area contributed by atoms with Crippen molar-refractivity contribution in [2.45, 2.75) is 26.2 Å². The summed E-state index contributed by atoms with van der Waals surface area (Å²) in [4.78, 5) is 2.64. The second-order valence-electron chi connectivity index (χ2n) is 7.58. The van der Waals surface area contributed by atoms with Crippen LogP contribution in [0.4, 0.5) is 0 Å². The fraction of sp³-hybridized carbons (Fsp3) is 1.00. The summed E-state index contributed by atoms with van der Waals surface area (Å²) < 4.78 is 2.16. The molecule has 3 heteroatoms. The van der Waals surface area contributed by atoms with Crippen molar-refractivity contribution in [2.24, 2.45) is 0 Å². The summed E-state index contributed by atoms with van der Waals surface area (Å²) in [5.41, 5.74) is 0. The molecule has 0 saturated carbocycles. The van der Waals surface area contributed by atoms with Gasteiger partial charge >= 0.3 is 0 Å². The van der Waals surface area contributed by atoms with Crippen LogP contribution in [0.3, 0.4) is 0 Å². The number of hydrogen-bond donors (Lipinski definition) is 0. The molecule has 0 fully saturated rings. The molecule has 0 aromatic rings. The summed E-state index contributed by atoms with van der Waals surface area (Å²) in [6.45, 7) is 8.62. The zero-order chi connectivity index (χ0) is 14.2. The summed E-state index contributed by atoms with van der Waals surface area (Å²) in [5.74, 6) is 0. The van der Waals surface area contributed by atoms with E-state index in [-0.39, 0.29) is 0 Å². The van der Waals surface area contributed by atoms with Gasteiger partial charge in [0.1, 0.15) is 0 Å². The first kappa shape index (κ1) is 17.9. The van der Waals surface area contributed by atoms with Gasteiger partial charge in [-0.05, 0) is 13.0 Å². The van der Waals surface area contributed by atoms with Crippen LogP contribution in [0.5, 0.6) is 0 Å². The van der Waals surface area contributed by atoms with Gasteiger partial charge in [0.2, 0.25) is 0 Å². The third-order valence-corrected chi connectivity index (χ3v) is 3.15. The molecule has 0 heterocycles. The van der Waals surface area contributed by atoms with Crippen LogP contribution in [0, 0.1) is 0 Å². The smallest absolute Gasteiger partial charge is 0.0792 e. The third-order valence-electron chi connectivity index (χ3n) is 3.15. The molecule has 0 aliphatic rings. The Hall–Kier alpha value is -0.120. The summed E-state index contributed by atoms with van der Waals surface area (Å²) in [5, 5.41) is 0. The van der Waals surface area contributed by atoms with Gasteiger partial charge < -0.3 is 13.9 Å². The molecule has 0 spiro atoms. The van der Waals surface area contributed by atoms with Crippen molar-refractivity contribution in [3.63, 3.8) is 0 Å². The molecule has 0 rings (SSSR count). The Labute approximate surface area is 116 Å². The molecule has 0 saturated heterocycles. The summed E-state index contributed by atoms with van der Waals surface area (Å²) in [7, 11) is 13.7. The van der Waals surface area contributed by atoms with E-state index in [4.69, 9.17) is 0 Å². The Morgan fingerprint density at radius 3 is 1.33 bits per heavy atom. The Bertz CT molecular complexity index is 181. The third kappa shape index (κ3) is 12.3. The van der Waals surface area contributed by atoms with Crippen LogP contribution >= 0.6 is 0 Å². The van der Waals surface area contributed by atoms with E-state index >= 15 is 0 Å². The molecule has 0 aromatic carbocycles. The molecular weight excluding hydrogens is 222 g/mol. The van der Waals surface area contributed by atoms with Crippen LogP contribution in [0.25, 0.3) is 0 Å². The molecular formula is C15H37N3+2. The lowest BCUT2D eigenvalue weighted by molar-refractivity contribution is -0.870. The lowest BCUT2D eigenvalue weighted by Gasteiger charge is -2.28. The highest BCUT2D eigenvalue weighted by Crippen LogP contribution is 2.02. The maximum atomic E-state index is 2.64. The molecule has 3 nitrogen and oxygen atoms in total. The van der Waals surface area contributed by atoms with E-state index in [1.807, 2.05) is 0 Å². The first-order valence-electron chi connectivity index (χ1n) is 7.47. The van der Waals surface area contributed by atoms with Gasteiger partial charge in [0.25, 0.3) is 0 Å². The first-order valence-corrected chi connectivity index (χ1v) is 7.47. The molecule has 0 aliphatic heterocycles. The molecule has 0 aliphatic carbocycles. The molecule has 0 amide bonds. The first-order chi connectivity index (χ1) is 8.14. The lowest BCUT2D eigenvalue weighted by Crippen LogP contribution is -2.39. The Morgan fingerprint density at radius 2 is 1.06 bits per heavy atom. The molecule has 18 heavy (non-hydrogen) atoms. The van der Waals surface area contributed by atoms with Crippen molar-refractivity contribution in [2.75, 3.05) is 75.0 Å². The molecule has 0 unspecified atom stereocenters. The van der Waals surface area contributed by atoms with Crippen LogP contribution < -0.4 is 0 Å². The average Bonchev–Trinajstić information content (AvgIpc) is 2.13. The summed E-state index contributed by atoms with van der Waals surface area (Å²) in [6, 6.07) is 0. The summed E-state index contributed by atoms with van der Waals surface area (Å²) >= 11 is 0. The fourth-order valence-corrected chi connectivity index (χ4v) is 2.19. The van der Waals surface area contributed by atoms with Crippen molar-refractivity contribution in [3.8, 4) is 0 Å². The SMILES string of the molecule is CCCN(CCC[N+](C)(C)C)CCC[N+](C)(C)C. The second-order valence-corrected chi connectivity index (χ2v) is 7.58. The second kappa shape index (κ2) is 8.13. The average molecular weight is 259 g/mol. The van der Waals surface area contributed by atoms with E-state index in [1.165, 1.54) is 52.0 Å². The highest BCUT2D eigenvalue weighted by Gasteiger charge is 2.11. The van der Waals surface area contributed by atoms with Crippen LogP contribution in [-0.2, 0) is 0 Å². The van der Waals surface area contributed by atoms with Crippen molar-refractivity contribution in [1.29, 1.82) is 0 Å². The van der Waals surface area contributed by atoms with Gasteiger partial charge in [-0.1, -0.05) is 6.92 Å². The zero-order valence-electron chi connectivity index (χ0n) is 14.0. The van der Waals surface area contributed by atoms with E-state index in [0.29, 0.717) is 0 Å². The molecule has 0 radical (unpaired) electrons. The van der Waals surface area contributed by atoms with Crippen molar-refractivity contribution in [1.82, 2.24) is 4.90 Å². The van der Waals surface area contributed by atoms with E-state index in [0.717, 1.165) is 8.97 Å². The maximum Gasteiger partial charge on any atom is 0.0792 e. The fourth-order valence-electron chi connectivity index (χ4n) is 2.19. The van der Waals surface area contributed by atoms with Crippen LogP contribution in [0.15, 0.2) is 0 Å². The quantitative estimate of drug-likeness (QED) is 0.542. The number of rotatable bonds is 10. The van der Waals surface area contributed by atoms with Gasteiger partial charge in [-0.3, -0.25) is 0 Å². The van der Waals surface area contributed by atoms with Gasteiger partial charge in [-0.2, -0.15) is 0 Å². The Balaban J connectivity index is 3.85. The minimum absolute atomic E-state index is 1.08. The monoisotopic (exact) mass is 259 g/mol. The van der Waals surface area contributed by atoms with Crippen LogP contribution in [-0.4, -0.2) is 88.9 Å². The Kier molecular flexibility index (Phi) is 8.08. The molecule has 0 aromatic heterocycles. The van der Waals surface area contributed by atoms with Gasteiger partial charge in [0, 0.05) is 25.9 Å².